The number of pyridine rings is 1. The predicted molar refractivity (Wildman–Crippen MR) is 119 cm³/mol. The molecule has 0 atom stereocenters. The first kappa shape index (κ1) is 23.6. The van der Waals surface area contributed by atoms with Crippen LogP contribution in [0.3, 0.4) is 0 Å². The van der Waals surface area contributed by atoms with Crippen molar-refractivity contribution in [3.05, 3.63) is 95.3 Å². The number of nitrogens with zero attached hydrogens (tertiary/aromatic N) is 1. The second kappa shape index (κ2) is 12.8. The van der Waals surface area contributed by atoms with Crippen LogP contribution in [-0.4, -0.2) is 24.0 Å². The van der Waals surface area contributed by atoms with Crippen LogP contribution in [0, 0.1) is 13.8 Å². The number of anilines is 1. The number of amides is 1. The molecular weight excluding hydrogens is 364 g/mol. The number of rotatable bonds is 3. The molecule has 2 aromatic carbocycles. The van der Waals surface area contributed by atoms with Crippen molar-refractivity contribution in [1.82, 2.24) is 4.98 Å². The zero-order chi connectivity index (χ0) is 21.6. The summed E-state index contributed by atoms with van der Waals surface area (Å²) >= 11 is 0. The van der Waals surface area contributed by atoms with Crippen LogP contribution in [-0.2, 0) is 4.74 Å². The normalized spacial score (nSPS) is 9.14. The van der Waals surface area contributed by atoms with Gasteiger partial charge in [0.15, 0.2) is 0 Å². The second-order valence-corrected chi connectivity index (χ2v) is 5.90. The summed E-state index contributed by atoms with van der Waals surface area (Å²) in [5.41, 5.74) is 3.52. The van der Waals surface area contributed by atoms with Gasteiger partial charge in [-0.1, -0.05) is 61.9 Å². The van der Waals surface area contributed by atoms with Crippen LogP contribution >= 0.6 is 0 Å². The van der Waals surface area contributed by atoms with Crippen molar-refractivity contribution in [2.75, 3.05) is 12.4 Å². The van der Waals surface area contributed by atoms with Crippen LogP contribution in [0.2, 0.25) is 0 Å². The summed E-state index contributed by atoms with van der Waals surface area (Å²) in [5.74, 6) is -0.877. The summed E-state index contributed by atoms with van der Waals surface area (Å²) in [6.45, 7) is 8.03. The van der Waals surface area contributed by atoms with Crippen LogP contribution in [0.5, 0.6) is 0 Å². The lowest BCUT2D eigenvalue weighted by Crippen LogP contribution is -2.14. The number of esters is 1. The number of hydrogen-bond acceptors (Lipinski definition) is 4. The minimum absolute atomic E-state index is 0. The molecule has 5 nitrogen and oxygen atoms in total. The number of aryl methyl sites for hydroxylation is 2. The Bertz CT molecular complexity index is 915. The molecule has 1 heterocycles. The van der Waals surface area contributed by atoms with Gasteiger partial charge in [-0.2, -0.15) is 0 Å². The monoisotopic (exact) mass is 394 g/mol. The van der Waals surface area contributed by atoms with Gasteiger partial charge in [0.2, 0.25) is 0 Å². The number of aromatic nitrogens is 1. The molecule has 0 aliphatic rings. The molecule has 0 saturated heterocycles. The molecule has 0 unspecified atom stereocenters. The highest BCUT2D eigenvalue weighted by Gasteiger charge is 2.12. The molecule has 29 heavy (non-hydrogen) atoms. The van der Waals surface area contributed by atoms with E-state index in [9.17, 15) is 9.59 Å². The topological polar surface area (TPSA) is 68.3 Å². The SMILES string of the molecule is CC.COC(=O)c1cc(C(=O)Nc2cccc(C)c2)ccn1.Cc1ccccc1.[HH]. The third kappa shape index (κ3) is 8.39. The van der Waals surface area contributed by atoms with Gasteiger partial charge in [0.05, 0.1) is 7.11 Å². The van der Waals surface area contributed by atoms with E-state index in [0.717, 1.165) is 5.56 Å². The van der Waals surface area contributed by atoms with Crippen LogP contribution in [0.1, 0.15) is 47.2 Å². The Labute approximate surface area is 174 Å². The van der Waals surface area contributed by atoms with Gasteiger partial charge in [0.25, 0.3) is 5.91 Å². The minimum atomic E-state index is -0.574. The average molecular weight is 395 g/mol. The summed E-state index contributed by atoms with van der Waals surface area (Å²) in [4.78, 5) is 27.3. The van der Waals surface area contributed by atoms with Gasteiger partial charge >= 0.3 is 5.97 Å². The second-order valence-electron chi connectivity index (χ2n) is 5.90. The smallest absolute Gasteiger partial charge is 0.356 e. The fourth-order valence-electron chi connectivity index (χ4n) is 2.25. The van der Waals surface area contributed by atoms with Crippen molar-refractivity contribution in [2.45, 2.75) is 27.7 Å². The standard InChI is InChI=1S/C15H14N2O3.C7H8.C2H6.H2/c1-10-4-3-5-12(8-10)17-14(18)11-6-7-16-13(9-11)15(19)20-2;1-7-5-3-2-4-6-7;1-2;/h3-9H,1-2H3,(H,17,18);2-6H,1H3;1-2H3;1H. The van der Waals surface area contributed by atoms with E-state index in [2.05, 4.69) is 34.1 Å². The molecule has 0 aliphatic carbocycles. The molecular formula is C24H30N2O3. The van der Waals surface area contributed by atoms with Crippen molar-refractivity contribution in [2.24, 2.45) is 0 Å². The first-order valence-electron chi connectivity index (χ1n) is 9.43. The zero-order valence-corrected chi connectivity index (χ0v) is 17.6. The Morgan fingerprint density at radius 3 is 2.10 bits per heavy atom. The van der Waals surface area contributed by atoms with Crippen molar-refractivity contribution >= 4 is 17.6 Å². The lowest BCUT2D eigenvalue weighted by molar-refractivity contribution is 0.0594. The quantitative estimate of drug-likeness (QED) is 0.579. The van der Waals surface area contributed by atoms with Gasteiger partial charge in [-0.25, -0.2) is 9.78 Å². The Hall–Kier alpha value is -3.47. The van der Waals surface area contributed by atoms with E-state index in [4.69, 9.17) is 0 Å². The van der Waals surface area contributed by atoms with Crippen molar-refractivity contribution in [1.29, 1.82) is 0 Å². The van der Waals surface area contributed by atoms with E-state index in [1.165, 1.54) is 31.0 Å². The van der Waals surface area contributed by atoms with Gasteiger partial charge < -0.3 is 10.1 Å². The van der Waals surface area contributed by atoms with Gasteiger partial charge in [-0.15, -0.1) is 0 Å². The van der Waals surface area contributed by atoms with Crippen molar-refractivity contribution < 1.29 is 15.8 Å². The lowest BCUT2D eigenvalue weighted by atomic mass is 10.2. The lowest BCUT2D eigenvalue weighted by Gasteiger charge is -2.06. The summed E-state index contributed by atoms with van der Waals surface area (Å²) in [5, 5.41) is 2.76. The first-order chi connectivity index (χ1) is 14.0. The van der Waals surface area contributed by atoms with Gasteiger partial charge in [0, 0.05) is 18.9 Å². The van der Waals surface area contributed by atoms with Crippen LogP contribution in [0.4, 0.5) is 5.69 Å². The summed E-state index contributed by atoms with van der Waals surface area (Å²) in [7, 11) is 1.27. The maximum Gasteiger partial charge on any atom is 0.356 e. The summed E-state index contributed by atoms with van der Waals surface area (Å²) in [6, 6.07) is 20.7. The predicted octanol–water partition coefficient (Wildman–Crippen LogP) is 5.70. The Balaban J connectivity index is 0.000000708. The number of carbonyl (C=O) groups is 2. The number of nitrogens with one attached hydrogen (secondary N) is 1. The fourth-order valence-corrected chi connectivity index (χ4v) is 2.25. The molecule has 1 N–H and O–H groups in total. The molecule has 1 amide bonds. The number of benzene rings is 2. The van der Waals surface area contributed by atoms with E-state index in [-0.39, 0.29) is 13.0 Å². The number of methoxy groups -OCH3 is 1. The highest BCUT2D eigenvalue weighted by atomic mass is 16.5. The Kier molecular flexibility index (Phi) is 10.4. The summed E-state index contributed by atoms with van der Waals surface area (Å²) in [6.07, 6.45) is 1.40. The molecule has 0 spiro atoms. The average Bonchev–Trinajstić information content (AvgIpc) is 2.75. The largest absolute Gasteiger partial charge is 0.464 e. The van der Waals surface area contributed by atoms with Crippen molar-refractivity contribution in [3.63, 3.8) is 0 Å². The highest BCUT2D eigenvalue weighted by molar-refractivity contribution is 6.05. The number of hydrogen-bond donors (Lipinski definition) is 1. The minimum Gasteiger partial charge on any atom is -0.464 e. The Morgan fingerprint density at radius 2 is 1.55 bits per heavy atom. The van der Waals surface area contributed by atoms with E-state index in [1.807, 2.05) is 57.2 Å². The number of ether oxygens (including phenoxy) is 1. The highest BCUT2D eigenvalue weighted by Crippen LogP contribution is 2.12. The molecule has 154 valence electrons. The molecule has 5 heteroatoms. The molecule has 0 fully saturated rings. The van der Waals surface area contributed by atoms with Crippen LogP contribution in [0.25, 0.3) is 0 Å². The maximum absolute atomic E-state index is 12.1. The molecule has 3 rings (SSSR count). The summed E-state index contributed by atoms with van der Waals surface area (Å²) < 4.78 is 4.57. The first-order valence-corrected chi connectivity index (χ1v) is 9.43. The molecule has 3 aromatic rings. The van der Waals surface area contributed by atoms with E-state index in [1.54, 1.807) is 6.07 Å². The van der Waals surface area contributed by atoms with E-state index < -0.39 is 5.97 Å². The molecule has 0 radical (unpaired) electrons. The molecule has 0 aliphatic heterocycles. The third-order valence-electron chi connectivity index (χ3n) is 3.63. The van der Waals surface area contributed by atoms with Crippen LogP contribution < -0.4 is 5.32 Å². The van der Waals surface area contributed by atoms with Crippen LogP contribution in [0.15, 0.2) is 72.9 Å². The maximum atomic E-state index is 12.1. The van der Waals surface area contributed by atoms with E-state index in [0.29, 0.717) is 11.3 Å². The molecule has 0 saturated carbocycles. The van der Waals surface area contributed by atoms with E-state index >= 15 is 0 Å². The fraction of sp³-hybridized carbons (Fsp3) is 0.208. The number of carbonyl (C=O) groups excluding carboxylic acids is 2. The third-order valence-corrected chi connectivity index (χ3v) is 3.63. The van der Waals surface area contributed by atoms with Crippen molar-refractivity contribution in [3.8, 4) is 0 Å². The molecule has 0 bridgehead atoms. The molecule has 1 aromatic heterocycles. The zero-order valence-electron chi connectivity index (χ0n) is 17.6. The Morgan fingerprint density at radius 1 is 0.897 bits per heavy atom. The van der Waals surface area contributed by atoms with Gasteiger partial charge in [0.1, 0.15) is 5.69 Å². The van der Waals surface area contributed by atoms with Gasteiger partial charge in [-0.3, -0.25) is 4.79 Å². The van der Waals surface area contributed by atoms with Gasteiger partial charge in [-0.05, 0) is 43.7 Å².